The second kappa shape index (κ2) is 7.53. The van der Waals surface area contributed by atoms with Crippen molar-refractivity contribution in [2.75, 3.05) is 0 Å². The lowest BCUT2D eigenvalue weighted by Gasteiger charge is -2.40. The van der Waals surface area contributed by atoms with E-state index in [1.807, 2.05) is 0 Å². The molecule has 18 heavy (non-hydrogen) atoms. The van der Waals surface area contributed by atoms with E-state index in [4.69, 9.17) is 5.73 Å². The van der Waals surface area contributed by atoms with Gasteiger partial charge in [-0.05, 0) is 42.9 Å². The summed E-state index contributed by atoms with van der Waals surface area (Å²) in [6.07, 6.45) is 12.3. The first-order chi connectivity index (χ1) is 8.45. The molecule has 1 heteroatoms. The molecule has 0 aliphatic heterocycles. The Hall–Kier alpha value is -0.0400. The molecule has 0 aromatic rings. The van der Waals surface area contributed by atoms with Crippen LogP contribution in [0, 0.1) is 17.3 Å². The third-order valence-electron chi connectivity index (χ3n) is 4.94. The van der Waals surface area contributed by atoms with E-state index in [-0.39, 0.29) is 0 Å². The summed E-state index contributed by atoms with van der Waals surface area (Å²) >= 11 is 0. The van der Waals surface area contributed by atoms with Gasteiger partial charge in [-0.15, -0.1) is 0 Å². The SMILES string of the molecule is CCCCCCCC1CC(C(C)(C)C)CCC1N. The first-order valence-corrected chi connectivity index (χ1v) is 8.20. The molecule has 1 aliphatic rings. The number of unbranched alkanes of at least 4 members (excludes halogenated alkanes) is 4. The lowest BCUT2D eigenvalue weighted by atomic mass is 9.67. The summed E-state index contributed by atoms with van der Waals surface area (Å²) in [6, 6.07) is 0.481. The fourth-order valence-electron chi connectivity index (χ4n) is 3.42. The van der Waals surface area contributed by atoms with Crippen molar-refractivity contribution >= 4 is 0 Å². The van der Waals surface area contributed by atoms with E-state index in [2.05, 4.69) is 27.7 Å². The zero-order valence-electron chi connectivity index (χ0n) is 13.2. The minimum absolute atomic E-state index is 0.473. The molecule has 3 unspecified atom stereocenters. The Balaban J connectivity index is 2.29. The molecular formula is C17H35N. The van der Waals surface area contributed by atoms with Crippen molar-refractivity contribution in [3.05, 3.63) is 0 Å². The predicted octanol–water partition coefficient (Wildman–Crippen LogP) is 5.14. The Bertz CT molecular complexity index is 216. The fraction of sp³-hybridized carbons (Fsp3) is 1.00. The first kappa shape index (κ1) is 16.0. The Morgan fingerprint density at radius 2 is 1.67 bits per heavy atom. The van der Waals surface area contributed by atoms with Crippen LogP contribution in [0.15, 0.2) is 0 Å². The summed E-state index contributed by atoms with van der Waals surface area (Å²) in [4.78, 5) is 0. The van der Waals surface area contributed by atoms with Crippen LogP contribution in [0.4, 0.5) is 0 Å². The van der Waals surface area contributed by atoms with E-state index in [9.17, 15) is 0 Å². The van der Waals surface area contributed by atoms with Gasteiger partial charge in [0.15, 0.2) is 0 Å². The maximum absolute atomic E-state index is 6.33. The normalized spacial score (nSPS) is 29.5. The fourth-order valence-corrected chi connectivity index (χ4v) is 3.42. The van der Waals surface area contributed by atoms with E-state index in [1.54, 1.807) is 0 Å². The minimum atomic E-state index is 0.473. The first-order valence-electron chi connectivity index (χ1n) is 8.20. The van der Waals surface area contributed by atoms with Crippen molar-refractivity contribution in [3.63, 3.8) is 0 Å². The highest BCUT2D eigenvalue weighted by molar-refractivity contribution is 4.87. The summed E-state index contributed by atoms with van der Waals surface area (Å²) in [5.74, 6) is 1.68. The largest absolute Gasteiger partial charge is 0.327 e. The minimum Gasteiger partial charge on any atom is -0.327 e. The Kier molecular flexibility index (Phi) is 6.70. The highest BCUT2D eigenvalue weighted by Gasteiger charge is 2.33. The molecule has 1 fully saturated rings. The molecule has 0 aromatic heterocycles. The molecule has 0 aromatic carbocycles. The summed E-state index contributed by atoms with van der Waals surface area (Å²) < 4.78 is 0. The summed E-state index contributed by atoms with van der Waals surface area (Å²) in [5, 5.41) is 0. The summed E-state index contributed by atoms with van der Waals surface area (Å²) in [7, 11) is 0. The van der Waals surface area contributed by atoms with Crippen molar-refractivity contribution < 1.29 is 0 Å². The van der Waals surface area contributed by atoms with Crippen LogP contribution in [-0.4, -0.2) is 6.04 Å². The molecule has 3 atom stereocenters. The number of rotatable bonds is 6. The second-order valence-electron chi connectivity index (χ2n) is 7.50. The average Bonchev–Trinajstić information content (AvgIpc) is 2.29. The van der Waals surface area contributed by atoms with Gasteiger partial charge in [-0.2, -0.15) is 0 Å². The number of nitrogens with two attached hydrogens (primary N) is 1. The van der Waals surface area contributed by atoms with Crippen molar-refractivity contribution in [2.45, 2.75) is 91.5 Å². The van der Waals surface area contributed by atoms with Crippen LogP contribution in [-0.2, 0) is 0 Å². The molecule has 108 valence electrons. The molecule has 0 saturated heterocycles. The van der Waals surface area contributed by atoms with Crippen LogP contribution < -0.4 is 5.73 Å². The molecule has 1 nitrogen and oxygen atoms in total. The number of hydrogen-bond acceptors (Lipinski definition) is 1. The molecule has 0 bridgehead atoms. The van der Waals surface area contributed by atoms with Gasteiger partial charge in [0, 0.05) is 6.04 Å². The van der Waals surface area contributed by atoms with E-state index >= 15 is 0 Å². The summed E-state index contributed by atoms with van der Waals surface area (Å²) in [6.45, 7) is 9.47. The van der Waals surface area contributed by atoms with E-state index < -0.39 is 0 Å². The highest BCUT2D eigenvalue weighted by atomic mass is 14.7. The molecule has 0 spiro atoms. The summed E-state index contributed by atoms with van der Waals surface area (Å²) in [5.41, 5.74) is 6.80. The average molecular weight is 253 g/mol. The van der Waals surface area contributed by atoms with Crippen molar-refractivity contribution in [1.82, 2.24) is 0 Å². The Labute approximate surface area is 115 Å². The van der Waals surface area contributed by atoms with Crippen LogP contribution in [0.3, 0.4) is 0 Å². The molecule has 1 rings (SSSR count). The third kappa shape index (κ3) is 5.30. The van der Waals surface area contributed by atoms with Gasteiger partial charge in [-0.25, -0.2) is 0 Å². The Morgan fingerprint density at radius 1 is 1.00 bits per heavy atom. The van der Waals surface area contributed by atoms with Gasteiger partial charge in [0.2, 0.25) is 0 Å². The topological polar surface area (TPSA) is 26.0 Å². The van der Waals surface area contributed by atoms with Crippen molar-refractivity contribution in [2.24, 2.45) is 23.0 Å². The molecule has 0 heterocycles. The highest BCUT2D eigenvalue weighted by Crippen LogP contribution is 2.41. The molecule has 2 N–H and O–H groups in total. The van der Waals surface area contributed by atoms with Crippen LogP contribution in [0.1, 0.15) is 85.5 Å². The van der Waals surface area contributed by atoms with Crippen LogP contribution in [0.25, 0.3) is 0 Å². The van der Waals surface area contributed by atoms with Gasteiger partial charge in [0.05, 0.1) is 0 Å². The Morgan fingerprint density at radius 3 is 2.28 bits per heavy atom. The third-order valence-corrected chi connectivity index (χ3v) is 4.94. The van der Waals surface area contributed by atoms with Gasteiger partial charge in [-0.3, -0.25) is 0 Å². The smallest absolute Gasteiger partial charge is 0.00673 e. The van der Waals surface area contributed by atoms with Gasteiger partial charge in [-0.1, -0.05) is 59.8 Å². The lowest BCUT2D eigenvalue weighted by molar-refractivity contribution is 0.121. The maximum Gasteiger partial charge on any atom is 0.00673 e. The quantitative estimate of drug-likeness (QED) is 0.652. The number of hydrogen-bond donors (Lipinski definition) is 1. The molecular weight excluding hydrogens is 218 g/mol. The molecule has 0 amide bonds. The monoisotopic (exact) mass is 253 g/mol. The van der Waals surface area contributed by atoms with Crippen molar-refractivity contribution in [1.29, 1.82) is 0 Å². The van der Waals surface area contributed by atoms with E-state index in [0.29, 0.717) is 11.5 Å². The van der Waals surface area contributed by atoms with Crippen molar-refractivity contribution in [3.8, 4) is 0 Å². The second-order valence-corrected chi connectivity index (χ2v) is 7.50. The van der Waals surface area contributed by atoms with Crippen LogP contribution in [0.5, 0.6) is 0 Å². The molecule has 1 aliphatic carbocycles. The predicted molar refractivity (Wildman–Crippen MR) is 81.6 cm³/mol. The van der Waals surface area contributed by atoms with Crippen LogP contribution >= 0.6 is 0 Å². The zero-order chi connectivity index (χ0) is 13.6. The standard InChI is InChI=1S/C17H35N/c1-5-6-7-8-9-10-14-13-15(17(2,3)4)11-12-16(14)18/h14-16H,5-13,18H2,1-4H3. The molecule has 0 radical (unpaired) electrons. The maximum atomic E-state index is 6.33. The van der Waals surface area contributed by atoms with Crippen LogP contribution in [0.2, 0.25) is 0 Å². The van der Waals surface area contributed by atoms with Gasteiger partial charge >= 0.3 is 0 Å². The van der Waals surface area contributed by atoms with E-state index in [1.165, 1.54) is 57.8 Å². The molecule has 1 saturated carbocycles. The van der Waals surface area contributed by atoms with E-state index in [0.717, 1.165) is 11.8 Å². The lowest BCUT2D eigenvalue weighted by Crippen LogP contribution is -2.39. The van der Waals surface area contributed by atoms with Gasteiger partial charge in [0.1, 0.15) is 0 Å². The van der Waals surface area contributed by atoms with Gasteiger partial charge < -0.3 is 5.73 Å². The van der Waals surface area contributed by atoms with Gasteiger partial charge in [0.25, 0.3) is 0 Å². The zero-order valence-corrected chi connectivity index (χ0v) is 13.2.